The van der Waals surface area contributed by atoms with Gasteiger partial charge in [0.05, 0.1) is 11.6 Å². The number of nitrogens with zero attached hydrogens (tertiary/aromatic N) is 1. The van der Waals surface area contributed by atoms with E-state index in [-0.39, 0.29) is 18.2 Å². The zero-order chi connectivity index (χ0) is 17.0. The molecule has 1 aromatic carbocycles. The lowest BCUT2D eigenvalue weighted by Crippen LogP contribution is -2.44. The number of amides is 2. The smallest absolute Gasteiger partial charge is 0.321 e. The first-order valence-corrected chi connectivity index (χ1v) is 7.83. The van der Waals surface area contributed by atoms with Crippen LogP contribution in [0.1, 0.15) is 33.6 Å². The van der Waals surface area contributed by atoms with E-state index in [0.717, 1.165) is 0 Å². The number of hydrogen-bond acceptors (Lipinski definition) is 3. The van der Waals surface area contributed by atoms with Crippen molar-refractivity contribution in [1.29, 1.82) is 0 Å². The van der Waals surface area contributed by atoms with Crippen LogP contribution in [0.2, 0.25) is 0 Å². The van der Waals surface area contributed by atoms with E-state index in [2.05, 4.69) is 5.32 Å². The molecule has 2 amide bonds. The zero-order valence-electron chi connectivity index (χ0n) is 13.8. The van der Waals surface area contributed by atoms with Gasteiger partial charge in [-0.25, -0.2) is 4.79 Å². The number of carboxylic acid groups (broad SMARTS) is 1. The Kier molecular flexibility index (Phi) is 5.13. The topological polar surface area (TPSA) is 78.9 Å². The van der Waals surface area contributed by atoms with Crippen LogP contribution >= 0.6 is 0 Å². The van der Waals surface area contributed by atoms with Gasteiger partial charge in [-0.05, 0) is 45.7 Å². The van der Waals surface area contributed by atoms with E-state index in [1.165, 1.54) is 0 Å². The standard InChI is InChI=1S/C17H24N2O4/c1-17(2,3)23-14-9-5-4-8-13(14)18-16(22)19-10-6-7-12(11-19)15(20)21/h4-5,8-9,12H,6-7,10-11H2,1-3H3,(H,18,22)(H,20,21). The van der Waals surface area contributed by atoms with Gasteiger partial charge in [-0.1, -0.05) is 12.1 Å². The number of hydrogen-bond donors (Lipinski definition) is 2. The van der Waals surface area contributed by atoms with Crippen LogP contribution in [0.25, 0.3) is 0 Å². The van der Waals surface area contributed by atoms with Gasteiger partial charge in [0, 0.05) is 13.1 Å². The molecule has 1 atom stereocenters. The zero-order valence-corrected chi connectivity index (χ0v) is 13.8. The maximum absolute atomic E-state index is 12.4. The van der Waals surface area contributed by atoms with Crippen LogP contribution in [0.15, 0.2) is 24.3 Å². The van der Waals surface area contributed by atoms with Gasteiger partial charge >= 0.3 is 12.0 Å². The minimum atomic E-state index is -0.848. The number of carbonyl (C=O) groups is 2. The van der Waals surface area contributed by atoms with Gasteiger partial charge in [0.2, 0.25) is 0 Å². The summed E-state index contributed by atoms with van der Waals surface area (Å²) in [7, 11) is 0. The Bertz CT molecular complexity index is 580. The highest BCUT2D eigenvalue weighted by Crippen LogP contribution is 2.28. The van der Waals surface area contributed by atoms with Crippen molar-refractivity contribution >= 4 is 17.7 Å². The third-order valence-corrected chi connectivity index (χ3v) is 3.60. The van der Waals surface area contributed by atoms with Gasteiger partial charge < -0.3 is 20.1 Å². The molecule has 1 saturated heterocycles. The summed E-state index contributed by atoms with van der Waals surface area (Å²) in [5.41, 5.74) is 0.213. The molecule has 23 heavy (non-hydrogen) atoms. The predicted molar refractivity (Wildman–Crippen MR) is 87.8 cm³/mol. The number of rotatable bonds is 3. The van der Waals surface area contributed by atoms with Crippen molar-refractivity contribution in [1.82, 2.24) is 4.90 Å². The molecule has 1 fully saturated rings. The molecule has 0 saturated carbocycles. The van der Waals surface area contributed by atoms with Crippen molar-refractivity contribution < 1.29 is 19.4 Å². The monoisotopic (exact) mass is 320 g/mol. The van der Waals surface area contributed by atoms with Crippen molar-refractivity contribution in [3.8, 4) is 5.75 Å². The number of aliphatic carboxylic acids is 1. The molecule has 2 N–H and O–H groups in total. The average molecular weight is 320 g/mol. The summed E-state index contributed by atoms with van der Waals surface area (Å²) in [5, 5.41) is 12.0. The number of ether oxygens (including phenoxy) is 1. The van der Waals surface area contributed by atoms with Crippen LogP contribution in [-0.2, 0) is 4.79 Å². The van der Waals surface area contributed by atoms with Crippen molar-refractivity contribution in [3.63, 3.8) is 0 Å². The van der Waals surface area contributed by atoms with Gasteiger partial charge in [0.15, 0.2) is 0 Å². The van der Waals surface area contributed by atoms with Gasteiger partial charge in [-0.2, -0.15) is 0 Å². The maximum atomic E-state index is 12.4. The first-order chi connectivity index (χ1) is 10.8. The third kappa shape index (κ3) is 4.87. The Balaban J connectivity index is 2.07. The summed E-state index contributed by atoms with van der Waals surface area (Å²) in [5.74, 6) is -0.741. The molecule has 1 unspecified atom stereocenters. The van der Waals surface area contributed by atoms with Crippen molar-refractivity contribution in [2.75, 3.05) is 18.4 Å². The van der Waals surface area contributed by atoms with E-state index >= 15 is 0 Å². The first kappa shape index (κ1) is 17.1. The predicted octanol–water partition coefficient (Wildman–Crippen LogP) is 3.19. The molecule has 0 aliphatic carbocycles. The van der Waals surface area contributed by atoms with Crippen LogP contribution in [0.5, 0.6) is 5.75 Å². The Labute approximate surface area is 136 Å². The fourth-order valence-corrected chi connectivity index (χ4v) is 2.55. The Hall–Kier alpha value is -2.24. The van der Waals surface area contributed by atoms with E-state index in [4.69, 9.17) is 9.84 Å². The van der Waals surface area contributed by atoms with E-state index in [9.17, 15) is 9.59 Å². The molecule has 6 heteroatoms. The van der Waals surface area contributed by atoms with Crippen LogP contribution in [0, 0.1) is 5.92 Å². The second kappa shape index (κ2) is 6.89. The Morgan fingerprint density at radius 1 is 1.30 bits per heavy atom. The Morgan fingerprint density at radius 3 is 2.65 bits per heavy atom. The highest BCUT2D eigenvalue weighted by Gasteiger charge is 2.28. The number of urea groups is 1. The number of piperidine rings is 1. The molecule has 126 valence electrons. The number of carboxylic acids is 1. The molecule has 0 bridgehead atoms. The lowest BCUT2D eigenvalue weighted by atomic mass is 9.99. The molecule has 6 nitrogen and oxygen atoms in total. The van der Waals surface area contributed by atoms with E-state index in [1.54, 1.807) is 17.0 Å². The second-order valence-electron chi connectivity index (χ2n) is 6.76. The summed E-state index contributed by atoms with van der Waals surface area (Å²) in [6.07, 6.45) is 1.31. The fourth-order valence-electron chi connectivity index (χ4n) is 2.55. The molecule has 0 aromatic heterocycles. The molecule has 2 rings (SSSR count). The number of anilines is 1. The average Bonchev–Trinajstić information content (AvgIpc) is 2.48. The van der Waals surface area contributed by atoms with Crippen molar-refractivity contribution in [2.24, 2.45) is 5.92 Å². The minimum absolute atomic E-state index is 0.240. The molecule has 1 aliphatic heterocycles. The lowest BCUT2D eigenvalue weighted by Gasteiger charge is -2.31. The number of carbonyl (C=O) groups excluding carboxylic acids is 1. The normalized spacial score (nSPS) is 18.4. The first-order valence-electron chi connectivity index (χ1n) is 7.83. The highest BCUT2D eigenvalue weighted by atomic mass is 16.5. The van der Waals surface area contributed by atoms with Crippen LogP contribution in [0.4, 0.5) is 10.5 Å². The van der Waals surface area contributed by atoms with E-state index < -0.39 is 11.9 Å². The lowest BCUT2D eigenvalue weighted by molar-refractivity contribution is -0.143. The maximum Gasteiger partial charge on any atom is 0.321 e. The Morgan fingerprint density at radius 2 is 2.00 bits per heavy atom. The van der Waals surface area contributed by atoms with Gasteiger partial charge in [0.1, 0.15) is 11.4 Å². The van der Waals surface area contributed by atoms with E-state index in [1.807, 2.05) is 32.9 Å². The molecule has 1 aliphatic rings. The van der Waals surface area contributed by atoms with Crippen LogP contribution in [0.3, 0.4) is 0 Å². The largest absolute Gasteiger partial charge is 0.486 e. The van der Waals surface area contributed by atoms with Gasteiger partial charge in [0.25, 0.3) is 0 Å². The summed E-state index contributed by atoms with van der Waals surface area (Å²) in [6.45, 7) is 6.62. The molecule has 1 aromatic rings. The number of nitrogens with one attached hydrogen (secondary N) is 1. The summed E-state index contributed by atoms with van der Waals surface area (Å²) in [4.78, 5) is 25.1. The highest BCUT2D eigenvalue weighted by molar-refractivity contribution is 5.91. The SMILES string of the molecule is CC(C)(C)Oc1ccccc1NC(=O)N1CCCC(C(=O)O)C1. The number of benzene rings is 1. The number of likely N-dealkylation sites (tertiary alicyclic amines) is 1. The summed E-state index contributed by atoms with van der Waals surface area (Å²) >= 11 is 0. The van der Waals surface area contributed by atoms with Crippen LogP contribution < -0.4 is 10.1 Å². The minimum Gasteiger partial charge on any atom is -0.486 e. The summed E-state index contributed by atoms with van der Waals surface area (Å²) < 4.78 is 5.85. The van der Waals surface area contributed by atoms with Crippen molar-refractivity contribution in [2.45, 2.75) is 39.2 Å². The molecule has 0 radical (unpaired) electrons. The van der Waals surface area contributed by atoms with Gasteiger partial charge in [-0.15, -0.1) is 0 Å². The van der Waals surface area contributed by atoms with Crippen molar-refractivity contribution in [3.05, 3.63) is 24.3 Å². The third-order valence-electron chi connectivity index (χ3n) is 3.60. The summed E-state index contributed by atoms with van der Waals surface area (Å²) in [6, 6.07) is 6.95. The molecule has 1 heterocycles. The number of para-hydroxylation sites is 2. The fraction of sp³-hybridized carbons (Fsp3) is 0.529. The molecular formula is C17H24N2O4. The van der Waals surface area contributed by atoms with Gasteiger partial charge in [-0.3, -0.25) is 4.79 Å². The van der Waals surface area contributed by atoms with E-state index in [0.29, 0.717) is 30.8 Å². The second-order valence-corrected chi connectivity index (χ2v) is 6.76. The van der Waals surface area contributed by atoms with Crippen LogP contribution in [-0.4, -0.2) is 40.7 Å². The molecule has 0 spiro atoms. The quantitative estimate of drug-likeness (QED) is 0.896. The molecular weight excluding hydrogens is 296 g/mol.